The van der Waals surface area contributed by atoms with Crippen LogP contribution in [0.3, 0.4) is 0 Å². The third kappa shape index (κ3) is 4.22. The van der Waals surface area contributed by atoms with Crippen molar-refractivity contribution in [2.24, 2.45) is 0 Å². The molecule has 0 saturated carbocycles. The molecular weight excluding hydrogens is 248 g/mol. The lowest BCUT2D eigenvalue weighted by molar-refractivity contribution is 0.260. The van der Waals surface area contributed by atoms with Crippen LogP contribution < -0.4 is 10.1 Å². The quantitative estimate of drug-likeness (QED) is 0.774. The highest BCUT2D eigenvalue weighted by molar-refractivity contribution is 5.39. The third-order valence-corrected chi connectivity index (χ3v) is 4.14. The number of nitrogens with zero attached hydrogens (tertiary/aromatic N) is 1. The van der Waals surface area contributed by atoms with Crippen molar-refractivity contribution in [3.8, 4) is 5.75 Å². The molecule has 0 amide bonds. The number of rotatable bonds is 7. The van der Waals surface area contributed by atoms with Crippen molar-refractivity contribution in [1.82, 2.24) is 10.2 Å². The van der Waals surface area contributed by atoms with Crippen LogP contribution in [-0.4, -0.2) is 38.2 Å². The van der Waals surface area contributed by atoms with Gasteiger partial charge in [0.05, 0.1) is 6.61 Å². The molecule has 0 aliphatic carbocycles. The molecule has 1 aliphatic rings. The van der Waals surface area contributed by atoms with Crippen LogP contribution in [0, 0.1) is 6.92 Å². The van der Waals surface area contributed by atoms with Crippen LogP contribution >= 0.6 is 0 Å². The van der Waals surface area contributed by atoms with Gasteiger partial charge in [0.15, 0.2) is 0 Å². The second-order valence-corrected chi connectivity index (χ2v) is 5.80. The zero-order valence-electron chi connectivity index (χ0n) is 13.1. The van der Waals surface area contributed by atoms with E-state index in [0.717, 1.165) is 18.8 Å². The largest absolute Gasteiger partial charge is 0.493 e. The molecule has 1 aliphatic heterocycles. The highest BCUT2D eigenvalue weighted by Gasteiger charge is 2.12. The Hall–Kier alpha value is -1.06. The van der Waals surface area contributed by atoms with E-state index in [1.165, 1.54) is 43.6 Å². The van der Waals surface area contributed by atoms with E-state index in [2.05, 4.69) is 42.3 Å². The van der Waals surface area contributed by atoms with Crippen LogP contribution in [0.1, 0.15) is 43.4 Å². The van der Waals surface area contributed by atoms with E-state index in [-0.39, 0.29) is 0 Å². The lowest BCUT2D eigenvalue weighted by Gasteiger charge is -2.18. The molecule has 1 fully saturated rings. The van der Waals surface area contributed by atoms with E-state index >= 15 is 0 Å². The Labute approximate surface area is 123 Å². The van der Waals surface area contributed by atoms with Gasteiger partial charge in [0.2, 0.25) is 0 Å². The molecule has 1 atom stereocenters. The van der Waals surface area contributed by atoms with Crippen molar-refractivity contribution >= 4 is 0 Å². The second-order valence-electron chi connectivity index (χ2n) is 5.80. The molecule has 0 spiro atoms. The zero-order chi connectivity index (χ0) is 14.4. The van der Waals surface area contributed by atoms with Gasteiger partial charge in [0.1, 0.15) is 5.75 Å². The molecule has 112 valence electrons. The van der Waals surface area contributed by atoms with Crippen molar-refractivity contribution in [1.29, 1.82) is 0 Å². The van der Waals surface area contributed by atoms with Crippen LogP contribution in [-0.2, 0) is 0 Å². The van der Waals surface area contributed by atoms with Crippen LogP contribution in [0.2, 0.25) is 0 Å². The molecule has 1 saturated heterocycles. The minimum atomic E-state index is 0.323. The van der Waals surface area contributed by atoms with Gasteiger partial charge in [0, 0.05) is 18.2 Å². The normalized spacial score (nSPS) is 17.4. The zero-order valence-corrected chi connectivity index (χ0v) is 13.1. The Bertz CT molecular complexity index is 413. The molecular formula is C17H28N2O. The first kappa shape index (κ1) is 15.3. The molecule has 1 aromatic rings. The van der Waals surface area contributed by atoms with E-state index in [4.69, 9.17) is 4.74 Å². The maximum Gasteiger partial charge on any atom is 0.124 e. The molecule has 1 heterocycles. The highest BCUT2D eigenvalue weighted by atomic mass is 16.5. The van der Waals surface area contributed by atoms with E-state index in [1.807, 2.05) is 7.05 Å². The molecule has 20 heavy (non-hydrogen) atoms. The number of likely N-dealkylation sites (tertiary alicyclic amines) is 1. The third-order valence-electron chi connectivity index (χ3n) is 4.14. The number of benzene rings is 1. The molecule has 0 bridgehead atoms. The molecule has 0 radical (unpaired) electrons. The number of hydrogen-bond donors (Lipinski definition) is 1. The van der Waals surface area contributed by atoms with Crippen LogP contribution in [0.15, 0.2) is 18.2 Å². The second kappa shape index (κ2) is 7.65. The summed E-state index contributed by atoms with van der Waals surface area (Å²) >= 11 is 0. The summed E-state index contributed by atoms with van der Waals surface area (Å²) in [6.07, 6.45) is 3.84. The molecule has 1 N–H and O–H groups in total. The first-order valence-corrected chi connectivity index (χ1v) is 7.83. The van der Waals surface area contributed by atoms with Crippen molar-refractivity contribution in [3.05, 3.63) is 29.3 Å². The van der Waals surface area contributed by atoms with Gasteiger partial charge in [-0.25, -0.2) is 0 Å². The average Bonchev–Trinajstić information content (AvgIpc) is 2.96. The molecule has 0 aromatic heterocycles. The van der Waals surface area contributed by atoms with Gasteiger partial charge in [-0.15, -0.1) is 0 Å². The van der Waals surface area contributed by atoms with E-state index in [9.17, 15) is 0 Å². The van der Waals surface area contributed by atoms with Gasteiger partial charge in [-0.05, 0) is 64.9 Å². The average molecular weight is 276 g/mol. The Morgan fingerprint density at radius 2 is 2.05 bits per heavy atom. The summed E-state index contributed by atoms with van der Waals surface area (Å²) in [7, 11) is 1.99. The van der Waals surface area contributed by atoms with E-state index in [1.54, 1.807) is 0 Å². The number of hydrogen-bond acceptors (Lipinski definition) is 3. The van der Waals surface area contributed by atoms with Crippen LogP contribution in [0.5, 0.6) is 5.75 Å². The Kier molecular flexibility index (Phi) is 5.86. The first-order chi connectivity index (χ1) is 9.70. The Morgan fingerprint density at radius 3 is 2.75 bits per heavy atom. The lowest BCUT2D eigenvalue weighted by Crippen LogP contribution is -2.22. The standard InChI is InChI=1S/C17H28N2O/c1-14-7-8-16(15(2)18-3)17(13-14)20-12-6-11-19-9-4-5-10-19/h7-8,13,15,18H,4-6,9-12H2,1-3H3. The molecule has 3 heteroatoms. The minimum Gasteiger partial charge on any atom is -0.493 e. The predicted octanol–water partition coefficient (Wildman–Crippen LogP) is 3.14. The van der Waals surface area contributed by atoms with Crippen molar-refractivity contribution < 1.29 is 4.74 Å². The Balaban J connectivity index is 1.85. The van der Waals surface area contributed by atoms with E-state index < -0.39 is 0 Å². The highest BCUT2D eigenvalue weighted by Crippen LogP contribution is 2.26. The smallest absolute Gasteiger partial charge is 0.124 e. The van der Waals surface area contributed by atoms with Gasteiger partial charge in [-0.3, -0.25) is 0 Å². The molecule has 1 unspecified atom stereocenters. The van der Waals surface area contributed by atoms with Crippen molar-refractivity contribution in [2.45, 2.75) is 39.2 Å². The molecule has 3 nitrogen and oxygen atoms in total. The monoisotopic (exact) mass is 276 g/mol. The predicted molar refractivity (Wildman–Crippen MR) is 84.4 cm³/mol. The number of nitrogens with one attached hydrogen (secondary N) is 1. The molecule has 2 rings (SSSR count). The summed E-state index contributed by atoms with van der Waals surface area (Å²) in [5, 5.41) is 3.29. The van der Waals surface area contributed by atoms with Crippen LogP contribution in [0.4, 0.5) is 0 Å². The van der Waals surface area contributed by atoms with Crippen molar-refractivity contribution in [3.63, 3.8) is 0 Å². The Morgan fingerprint density at radius 1 is 1.30 bits per heavy atom. The minimum absolute atomic E-state index is 0.323. The maximum absolute atomic E-state index is 6.03. The van der Waals surface area contributed by atoms with Gasteiger partial charge in [-0.1, -0.05) is 12.1 Å². The summed E-state index contributed by atoms with van der Waals surface area (Å²) < 4.78 is 6.03. The summed E-state index contributed by atoms with van der Waals surface area (Å²) in [5.41, 5.74) is 2.51. The van der Waals surface area contributed by atoms with Crippen molar-refractivity contribution in [2.75, 3.05) is 33.3 Å². The molecule has 1 aromatic carbocycles. The summed E-state index contributed by atoms with van der Waals surface area (Å²) in [6, 6.07) is 6.80. The lowest BCUT2D eigenvalue weighted by atomic mass is 10.1. The van der Waals surface area contributed by atoms with Crippen LogP contribution in [0.25, 0.3) is 0 Å². The van der Waals surface area contributed by atoms with Gasteiger partial charge in [0.25, 0.3) is 0 Å². The van der Waals surface area contributed by atoms with Gasteiger partial charge in [-0.2, -0.15) is 0 Å². The fraction of sp³-hybridized carbons (Fsp3) is 0.647. The fourth-order valence-corrected chi connectivity index (χ4v) is 2.76. The summed E-state index contributed by atoms with van der Waals surface area (Å²) in [4.78, 5) is 2.54. The SMILES string of the molecule is CNC(C)c1ccc(C)cc1OCCCN1CCCC1. The topological polar surface area (TPSA) is 24.5 Å². The van der Waals surface area contributed by atoms with Gasteiger partial charge >= 0.3 is 0 Å². The first-order valence-electron chi connectivity index (χ1n) is 7.83. The van der Waals surface area contributed by atoms with E-state index in [0.29, 0.717) is 6.04 Å². The fourth-order valence-electron chi connectivity index (χ4n) is 2.76. The summed E-state index contributed by atoms with van der Waals surface area (Å²) in [5.74, 6) is 1.04. The maximum atomic E-state index is 6.03. The van der Waals surface area contributed by atoms with Gasteiger partial charge < -0.3 is 15.0 Å². The number of aryl methyl sites for hydroxylation is 1. The summed E-state index contributed by atoms with van der Waals surface area (Å²) in [6.45, 7) is 8.80. The number of ether oxygens (including phenoxy) is 1.